The molecule has 23 heavy (non-hydrogen) atoms. The second-order valence-corrected chi connectivity index (χ2v) is 7.77. The molecule has 0 atom stereocenters. The molecule has 4 nitrogen and oxygen atoms in total. The van der Waals surface area contributed by atoms with Gasteiger partial charge in [0.15, 0.2) is 0 Å². The molecule has 1 amide bonds. The summed E-state index contributed by atoms with van der Waals surface area (Å²) in [5.74, 6) is -1.05. The number of amides is 1. The van der Waals surface area contributed by atoms with Crippen molar-refractivity contribution in [1.29, 1.82) is 0 Å². The van der Waals surface area contributed by atoms with Gasteiger partial charge in [0.2, 0.25) is 0 Å². The third-order valence-corrected chi connectivity index (χ3v) is 4.23. The number of likely N-dealkylation sites (tertiary alicyclic amines) is 1. The first-order chi connectivity index (χ1) is 10.6. The van der Waals surface area contributed by atoms with Gasteiger partial charge in [0, 0.05) is 31.6 Å². The lowest BCUT2D eigenvalue weighted by Gasteiger charge is -2.60. The van der Waals surface area contributed by atoms with E-state index in [0.717, 1.165) is 0 Å². The second-order valence-electron chi connectivity index (χ2n) is 7.77. The number of hydrogen-bond donors (Lipinski definition) is 0. The lowest BCUT2D eigenvalue weighted by molar-refractivity contribution is -0.0456. The molecule has 1 aromatic carbocycles. The largest absolute Gasteiger partial charge is 0.444 e. The highest BCUT2D eigenvalue weighted by Gasteiger charge is 2.54. The average Bonchev–Trinajstić information content (AvgIpc) is 2.25. The molecule has 2 heterocycles. The summed E-state index contributed by atoms with van der Waals surface area (Å²) in [6.07, 6.45) is -0.325. The number of ether oxygens (including phenoxy) is 1. The molecule has 0 bridgehead atoms. The van der Waals surface area contributed by atoms with Crippen molar-refractivity contribution in [3.05, 3.63) is 29.3 Å². The Balaban J connectivity index is 1.58. The van der Waals surface area contributed by atoms with Crippen LogP contribution in [-0.2, 0) is 4.74 Å². The number of halogens is 2. The summed E-state index contributed by atoms with van der Waals surface area (Å²) in [7, 11) is 0. The van der Waals surface area contributed by atoms with Crippen LogP contribution in [-0.4, -0.2) is 42.8 Å². The van der Waals surface area contributed by atoms with Gasteiger partial charge in [0.25, 0.3) is 0 Å². The van der Waals surface area contributed by atoms with Gasteiger partial charge in [-0.05, 0) is 45.4 Å². The van der Waals surface area contributed by atoms with Crippen LogP contribution < -0.4 is 4.90 Å². The Kier molecular flexibility index (Phi) is 3.54. The van der Waals surface area contributed by atoms with Gasteiger partial charge in [-0.3, -0.25) is 0 Å². The molecule has 0 unspecified atom stereocenters. The van der Waals surface area contributed by atoms with Crippen molar-refractivity contribution in [3.8, 4) is 0 Å². The maximum absolute atomic E-state index is 14.0. The Morgan fingerprint density at radius 1 is 1.13 bits per heavy atom. The number of nitrogens with zero attached hydrogens (tertiary/aromatic N) is 2. The van der Waals surface area contributed by atoms with Crippen LogP contribution in [0.25, 0.3) is 0 Å². The zero-order valence-electron chi connectivity index (χ0n) is 13.9. The van der Waals surface area contributed by atoms with Gasteiger partial charge < -0.3 is 14.5 Å². The molecule has 0 radical (unpaired) electrons. The first kappa shape index (κ1) is 16.0. The van der Waals surface area contributed by atoms with E-state index < -0.39 is 17.2 Å². The fourth-order valence-corrected chi connectivity index (χ4v) is 3.33. The first-order valence-electron chi connectivity index (χ1n) is 7.77. The molecule has 0 aromatic heterocycles. The molecule has 126 valence electrons. The number of rotatable bonds is 1. The molecule has 0 N–H and O–H groups in total. The van der Waals surface area contributed by atoms with Crippen molar-refractivity contribution in [2.45, 2.75) is 33.3 Å². The summed E-state index contributed by atoms with van der Waals surface area (Å²) in [6, 6.07) is 2.69. The summed E-state index contributed by atoms with van der Waals surface area (Å²) < 4.78 is 33.3. The SMILES string of the molecule is Cc1cc(F)c(N2CC3(CN(C(=O)OC(C)(C)C)C3)C2)c(F)c1. The topological polar surface area (TPSA) is 32.8 Å². The van der Waals surface area contributed by atoms with Crippen LogP contribution in [0.5, 0.6) is 0 Å². The van der Waals surface area contributed by atoms with Crippen LogP contribution in [0.2, 0.25) is 0 Å². The summed E-state index contributed by atoms with van der Waals surface area (Å²) in [6.45, 7) is 9.42. The highest BCUT2D eigenvalue weighted by Crippen LogP contribution is 2.43. The number of carbonyl (C=O) groups excluding carboxylic acids is 1. The van der Waals surface area contributed by atoms with E-state index in [0.29, 0.717) is 31.7 Å². The molecule has 6 heteroatoms. The molecule has 2 fully saturated rings. The second kappa shape index (κ2) is 5.08. The minimum absolute atomic E-state index is 0.0388. The predicted molar refractivity (Wildman–Crippen MR) is 83.5 cm³/mol. The van der Waals surface area contributed by atoms with Crippen LogP contribution in [0.1, 0.15) is 26.3 Å². The van der Waals surface area contributed by atoms with E-state index in [9.17, 15) is 13.6 Å². The molecule has 2 aliphatic heterocycles. The lowest BCUT2D eigenvalue weighted by atomic mass is 9.72. The average molecular weight is 324 g/mol. The van der Waals surface area contributed by atoms with Gasteiger partial charge in [0.1, 0.15) is 22.9 Å². The molecule has 3 rings (SSSR count). The van der Waals surface area contributed by atoms with Gasteiger partial charge in [-0.2, -0.15) is 0 Å². The van der Waals surface area contributed by atoms with Gasteiger partial charge in [-0.1, -0.05) is 0 Å². The van der Waals surface area contributed by atoms with Crippen LogP contribution >= 0.6 is 0 Å². The van der Waals surface area contributed by atoms with Gasteiger partial charge in [-0.25, -0.2) is 13.6 Å². The maximum Gasteiger partial charge on any atom is 0.410 e. The molecule has 0 saturated carbocycles. The Morgan fingerprint density at radius 2 is 1.65 bits per heavy atom. The van der Waals surface area contributed by atoms with Crippen LogP contribution in [0, 0.1) is 24.0 Å². The van der Waals surface area contributed by atoms with Crippen molar-refractivity contribution >= 4 is 11.8 Å². The fraction of sp³-hybridized carbons (Fsp3) is 0.588. The van der Waals surface area contributed by atoms with Gasteiger partial charge >= 0.3 is 6.09 Å². The van der Waals surface area contributed by atoms with Crippen LogP contribution in [0.15, 0.2) is 12.1 Å². The summed E-state index contributed by atoms with van der Waals surface area (Å²) in [5, 5.41) is 0. The first-order valence-corrected chi connectivity index (χ1v) is 7.77. The molecular formula is C17H22F2N2O2. The monoisotopic (exact) mass is 324 g/mol. The zero-order chi connectivity index (χ0) is 17.0. The predicted octanol–water partition coefficient (Wildman–Crippen LogP) is 3.33. The number of hydrogen-bond acceptors (Lipinski definition) is 3. The van der Waals surface area contributed by atoms with Gasteiger partial charge in [0.05, 0.1) is 0 Å². The van der Waals surface area contributed by atoms with Crippen molar-refractivity contribution in [2.24, 2.45) is 5.41 Å². The smallest absolute Gasteiger partial charge is 0.410 e. The number of benzene rings is 1. The minimum atomic E-state index is -0.527. The normalized spacial score (nSPS) is 19.4. The zero-order valence-corrected chi connectivity index (χ0v) is 13.9. The van der Waals surface area contributed by atoms with Crippen molar-refractivity contribution in [1.82, 2.24) is 4.90 Å². The number of carbonyl (C=O) groups is 1. The highest BCUT2D eigenvalue weighted by molar-refractivity contribution is 5.70. The van der Waals surface area contributed by atoms with E-state index in [2.05, 4.69) is 0 Å². The Labute approximate surface area is 135 Å². The third-order valence-electron chi connectivity index (χ3n) is 4.23. The third kappa shape index (κ3) is 2.99. The standard InChI is InChI=1S/C17H22F2N2O2/c1-11-5-12(18)14(13(19)6-11)20-7-17(8-20)9-21(10-17)15(22)23-16(2,3)4/h5-6H,7-10H2,1-4H3. The minimum Gasteiger partial charge on any atom is -0.444 e. The summed E-state index contributed by atoms with van der Waals surface area (Å²) >= 11 is 0. The number of aryl methyl sites for hydroxylation is 1. The fourth-order valence-electron chi connectivity index (χ4n) is 3.33. The molecule has 1 aromatic rings. The van der Waals surface area contributed by atoms with Gasteiger partial charge in [-0.15, -0.1) is 0 Å². The molecular weight excluding hydrogens is 302 g/mol. The number of anilines is 1. The maximum atomic E-state index is 14.0. The van der Waals surface area contributed by atoms with Crippen molar-refractivity contribution in [3.63, 3.8) is 0 Å². The van der Waals surface area contributed by atoms with Crippen molar-refractivity contribution < 1.29 is 18.3 Å². The quantitative estimate of drug-likeness (QED) is 0.794. The molecule has 0 aliphatic carbocycles. The molecule has 2 saturated heterocycles. The Morgan fingerprint density at radius 3 is 2.13 bits per heavy atom. The van der Waals surface area contributed by atoms with Crippen LogP contribution in [0.3, 0.4) is 0 Å². The lowest BCUT2D eigenvalue weighted by Crippen LogP contribution is -2.73. The summed E-state index contributed by atoms with van der Waals surface area (Å²) in [4.78, 5) is 15.3. The van der Waals surface area contributed by atoms with E-state index in [1.807, 2.05) is 20.8 Å². The van der Waals surface area contributed by atoms with E-state index in [1.165, 1.54) is 12.1 Å². The van der Waals surface area contributed by atoms with E-state index in [-0.39, 0.29) is 17.2 Å². The summed E-state index contributed by atoms with van der Waals surface area (Å²) in [5.41, 5.74) is 0.0380. The van der Waals surface area contributed by atoms with E-state index in [1.54, 1.807) is 16.7 Å². The highest BCUT2D eigenvalue weighted by atomic mass is 19.1. The van der Waals surface area contributed by atoms with Crippen LogP contribution in [0.4, 0.5) is 19.3 Å². The Bertz CT molecular complexity index is 617. The van der Waals surface area contributed by atoms with Crippen molar-refractivity contribution in [2.75, 3.05) is 31.1 Å². The van der Waals surface area contributed by atoms with E-state index >= 15 is 0 Å². The molecule has 2 aliphatic rings. The molecule has 1 spiro atoms. The Hall–Kier alpha value is -1.85. The van der Waals surface area contributed by atoms with E-state index in [4.69, 9.17) is 4.74 Å².